The lowest BCUT2D eigenvalue weighted by Gasteiger charge is -2.08. The van der Waals surface area contributed by atoms with Gasteiger partial charge in [-0.15, -0.1) is 0 Å². The zero-order chi connectivity index (χ0) is 11.8. The molecule has 1 saturated carbocycles. The number of ether oxygens (including phenoxy) is 1. The van der Waals surface area contributed by atoms with Crippen LogP contribution in [0.1, 0.15) is 28.9 Å². The Morgan fingerprint density at radius 1 is 1.62 bits per heavy atom. The molecule has 0 aliphatic heterocycles. The Labute approximate surface area is 94.8 Å². The molecule has 2 rings (SSSR count). The van der Waals surface area contributed by atoms with Crippen molar-refractivity contribution in [3.05, 3.63) is 23.5 Å². The predicted octanol–water partition coefficient (Wildman–Crippen LogP) is 1.13. The highest BCUT2D eigenvalue weighted by Gasteiger charge is 2.42. The third-order valence-corrected chi connectivity index (χ3v) is 3.33. The Hall–Kier alpha value is -1.29. The molecule has 0 saturated heterocycles. The molecule has 0 amide bonds. The van der Waals surface area contributed by atoms with E-state index in [-0.39, 0.29) is 18.0 Å². The fourth-order valence-electron chi connectivity index (χ4n) is 2.04. The number of aliphatic hydroxyl groups is 1. The van der Waals surface area contributed by atoms with Crippen molar-refractivity contribution in [3.8, 4) is 0 Å². The molecular weight excluding hydrogens is 206 g/mol. The number of rotatable bonds is 4. The summed E-state index contributed by atoms with van der Waals surface area (Å²) in [5.41, 5.74) is 1.73. The number of aryl methyl sites for hydroxylation is 1. The van der Waals surface area contributed by atoms with Crippen LogP contribution < -0.4 is 0 Å². The molecule has 0 unspecified atom stereocenters. The SMILES string of the molecule is COC(=O)c1cc(CC2(CO)CC2)cn1C. The molecule has 0 bridgehead atoms. The standard InChI is InChI=1S/C12H17NO3/c1-13-7-9(5-10(13)11(15)16-2)6-12(8-14)3-4-12/h5,7,14H,3-4,6,8H2,1-2H3. The van der Waals surface area contributed by atoms with Crippen molar-refractivity contribution in [2.24, 2.45) is 12.5 Å². The first kappa shape index (κ1) is 11.2. The van der Waals surface area contributed by atoms with E-state index in [1.807, 2.05) is 19.3 Å². The fraction of sp³-hybridized carbons (Fsp3) is 0.583. The third-order valence-electron chi connectivity index (χ3n) is 3.33. The molecule has 1 aliphatic carbocycles. The molecule has 1 fully saturated rings. The highest BCUT2D eigenvalue weighted by atomic mass is 16.5. The van der Waals surface area contributed by atoms with Crippen molar-refractivity contribution < 1.29 is 14.6 Å². The Morgan fingerprint density at radius 3 is 2.81 bits per heavy atom. The van der Waals surface area contributed by atoms with E-state index in [4.69, 9.17) is 4.74 Å². The number of esters is 1. The molecule has 1 N–H and O–H groups in total. The van der Waals surface area contributed by atoms with Crippen molar-refractivity contribution in [2.45, 2.75) is 19.3 Å². The summed E-state index contributed by atoms with van der Waals surface area (Å²) in [7, 11) is 3.21. The lowest BCUT2D eigenvalue weighted by atomic mass is 9.99. The van der Waals surface area contributed by atoms with E-state index in [1.54, 1.807) is 4.57 Å². The van der Waals surface area contributed by atoms with Gasteiger partial charge in [-0.05, 0) is 36.3 Å². The normalized spacial score (nSPS) is 17.2. The number of aromatic nitrogens is 1. The van der Waals surface area contributed by atoms with Crippen molar-refractivity contribution >= 4 is 5.97 Å². The second-order valence-electron chi connectivity index (χ2n) is 4.67. The summed E-state index contributed by atoms with van der Waals surface area (Å²) in [4.78, 5) is 11.4. The highest BCUT2D eigenvalue weighted by molar-refractivity contribution is 5.87. The second kappa shape index (κ2) is 3.94. The van der Waals surface area contributed by atoms with Gasteiger partial charge in [-0.1, -0.05) is 0 Å². The van der Waals surface area contributed by atoms with E-state index >= 15 is 0 Å². The molecule has 0 atom stereocenters. The quantitative estimate of drug-likeness (QED) is 0.778. The molecule has 4 nitrogen and oxygen atoms in total. The van der Waals surface area contributed by atoms with Gasteiger partial charge >= 0.3 is 5.97 Å². The average Bonchev–Trinajstić information content (AvgIpc) is 2.95. The van der Waals surface area contributed by atoms with E-state index in [2.05, 4.69) is 0 Å². The van der Waals surface area contributed by atoms with E-state index in [9.17, 15) is 9.90 Å². The molecular formula is C12H17NO3. The molecule has 4 heteroatoms. The summed E-state index contributed by atoms with van der Waals surface area (Å²) in [6.07, 6.45) is 4.92. The van der Waals surface area contributed by atoms with Crippen LogP contribution in [0.4, 0.5) is 0 Å². The van der Waals surface area contributed by atoms with Crippen molar-refractivity contribution in [1.82, 2.24) is 4.57 Å². The minimum absolute atomic E-state index is 0.0781. The minimum atomic E-state index is -0.317. The van der Waals surface area contributed by atoms with Crippen molar-refractivity contribution in [2.75, 3.05) is 13.7 Å². The van der Waals surface area contributed by atoms with Crippen molar-refractivity contribution in [3.63, 3.8) is 0 Å². The zero-order valence-corrected chi connectivity index (χ0v) is 9.69. The van der Waals surface area contributed by atoms with E-state index in [0.29, 0.717) is 5.69 Å². The van der Waals surface area contributed by atoms with Gasteiger partial charge < -0.3 is 14.4 Å². The Kier molecular flexibility index (Phi) is 2.76. The molecule has 1 aliphatic rings. The van der Waals surface area contributed by atoms with Crippen LogP contribution >= 0.6 is 0 Å². The monoisotopic (exact) mass is 223 g/mol. The number of carbonyl (C=O) groups is 1. The summed E-state index contributed by atoms with van der Waals surface area (Å²) in [6.45, 7) is 0.232. The first-order valence-corrected chi connectivity index (χ1v) is 5.45. The predicted molar refractivity (Wildman–Crippen MR) is 59.2 cm³/mol. The van der Waals surface area contributed by atoms with Gasteiger partial charge in [-0.3, -0.25) is 0 Å². The van der Waals surface area contributed by atoms with E-state index in [0.717, 1.165) is 24.8 Å². The minimum Gasteiger partial charge on any atom is -0.464 e. The number of hydrogen-bond donors (Lipinski definition) is 1. The summed E-state index contributed by atoms with van der Waals surface area (Å²) in [5, 5.41) is 9.25. The van der Waals surface area contributed by atoms with Crippen LogP contribution in [0, 0.1) is 5.41 Å². The van der Waals surface area contributed by atoms with Gasteiger partial charge in [0.15, 0.2) is 0 Å². The summed E-state index contributed by atoms with van der Waals surface area (Å²) in [6, 6.07) is 1.85. The average molecular weight is 223 g/mol. The van der Waals surface area contributed by atoms with E-state index in [1.165, 1.54) is 7.11 Å². The second-order valence-corrected chi connectivity index (χ2v) is 4.67. The number of methoxy groups -OCH3 is 1. The van der Waals surface area contributed by atoms with E-state index < -0.39 is 0 Å². The van der Waals surface area contributed by atoms with Gasteiger partial charge in [0, 0.05) is 19.9 Å². The van der Waals surface area contributed by atoms with Gasteiger partial charge in [0.25, 0.3) is 0 Å². The van der Waals surface area contributed by atoms with Crippen LogP contribution in [-0.4, -0.2) is 29.4 Å². The van der Waals surface area contributed by atoms with Crippen LogP contribution in [0.5, 0.6) is 0 Å². The number of hydrogen-bond acceptors (Lipinski definition) is 3. The van der Waals surface area contributed by atoms with Crippen LogP contribution in [-0.2, 0) is 18.2 Å². The smallest absolute Gasteiger partial charge is 0.354 e. The number of carbonyl (C=O) groups excluding carboxylic acids is 1. The maximum atomic E-state index is 11.4. The summed E-state index contributed by atoms with van der Waals surface area (Å²) >= 11 is 0. The van der Waals surface area contributed by atoms with Gasteiger partial charge in [0.2, 0.25) is 0 Å². The Morgan fingerprint density at radius 2 is 2.31 bits per heavy atom. The first-order chi connectivity index (χ1) is 7.60. The summed E-state index contributed by atoms with van der Waals surface area (Å²) in [5.74, 6) is -0.317. The van der Waals surface area contributed by atoms with Crippen LogP contribution in [0.15, 0.2) is 12.3 Å². The van der Waals surface area contributed by atoms with Crippen LogP contribution in [0.2, 0.25) is 0 Å². The van der Waals surface area contributed by atoms with Gasteiger partial charge in [-0.2, -0.15) is 0 Å². The lowest BCUT2D eigenvalue weighted by molar-refractivity contribution is 0.0590. The largest absolute Gasteiger partial charge is 0.464 e. The molecule has 0 radical (unpaired) electrons. The first-order valence-electron chi connectivity index (χ1n) is 5.45. The molecule has 0 aromatic carbocycles. The number of aliphatic hydroxyl groups excluding tert-OH is 1. The molecule has 1 aromatic rings. The third kappa shape index (κ3) is 1.97. The fourth-order valence-corrected chi connectivity index (χ4v) is 2.04. The van der Waals surface area contributed by atoms with Gasteiger partial charge in [0.05, 0.1) is 7.11 Å². The van der Waals surface area contributed by atoms with Crippen molar-refractivity contribution in [1.29, 1.82) is 0 Å². The van der Waals surface area contributed by atoms with Crippen LogP contribution in [0.3, 0.4) is 0 Å². The van der Waals surface area contributed by atoms with Crippen LogP contribution in [0.25, 0.3) is 0 Å². The molecule has 0 spiro atoms. The summed E-state index contributed by atoms with van der Waals surface area (Å²) < 4.78 is 6.47. The topological polar surface area (TPSA) is 51.5 Å². The molecule has 1 aromatic heterocycles. The lowest BCUT2D eigenvalue weighted by Crippen LogP contribution is -2.09. The molecule has 16 heavy (non-hydrogen) atoms. The van der Waals surface area contributed by atoms with Gasteiger partial charge in [-0.25, -0.2) is 4.79 Å². The van der Waals surface area contributed by atoms with Gasteiger partial charge in [0.1, 0.15) is 5.69 Å². The number of nitrogens with zero attached hydrogens (tertiary/aromatic N) is 1. The maximum absolute atomic E-state index is 11.4. The Bertz CT molecular complexity index is 404. The highest BCUT2D eigenvalue weighted by Crippen LogP contribution is 2.47. The molecule has 1 heterocycles. The maximum Gasteiger partial charge on any atom is 0.354 e. The Balaban J connectivity index is 2.15. The molecule has 88 valence electrons. The zero-order valence-electron chi connectivity index (χ0n) is 9.69.